The average molecular weight is 188 g/mol. The van der Waals surface area contributed by atoms with Gasteiger partial charge in [0.15, 0.2) is 6.29 Å². The molecule has 3 atom stereocenters. The lowest BCUT2D eigenvalue weighted by Crippen LogP contribution is -2.27. The molecule has 1 saturated heterocycles. The highest BCUT2D eigenvalue weighted by molar-refractivity contribution is 4.59. The molecule has 0 amide bonds. The molecule has 1 fully saturated rings. The van der Waals surface area contributed by atoms with Gasteiger partial charge in [-0.25, -0.2) is 0 Å². The van der Waals surface area contributed by atoms with Crippen LogP contribution >= 0.6 is 0 Å². The summed E-state index contributed by atoms with van der Waals surface area (Å²) >= 11 is 0. The minimum atomic E-state index is -0.302. The van der Waals surface area contributed by atoms with E-state index in [1.807, 2.05) is 6.92 Å². The number of aliphatic hydroxyl groups is 1. The van der Waals surface area contributed by atoms with Crippen molar-refractivity contribution in [1.82, 2.24) is 0 Å². The first kappa shape index (κ1) is 11.0. The third-order valence-electron chi connectivity index (χ3n) is 2.51. The van der Waals surface area contributed by atoms with Gasteiger partial charge in [0.25, 0.3) is 0 Å². The average Bonchev–Trinajstić information content (AvgIpc) is 2.15. The van der Waals surface area contributed by atoms with Crippen molar-refractivity contribution < 1.29 is 14.6 Å². The molecule has 0 spiro atoms. The second-order valence-corrected chi connectivity index (χ2v) is 3.85. The molecule has 0 aromatic carbocycles. The Kier molecular flexibility index (Phi) is 4.70. The number of hydrogen-bond acceptors (Lipinski definition) is 3. The van der Waals surface area contributed by atoms with E-state index in [1.54, 1.807) is 6.92 Å². The fourth-order valence-corrected chi connectivity index (χ4v) is 1.24. The molecule has 1 N–H and O–H groups in total. The molecule has 1 rings (SSSR count). The summed E-state index contributed by atoms with van der Waals surface area (Å²) in [5.41, 5.74) is 0. The van der Waals surface area contributed by atoms with E-state index in [1.165, 1.54) is 6.42 Å². The van der Waals surface area contributed by atoms with Crippen LogP contribution in [0.4, 0.5) is 0 Å². The van der Waals surface area contributed by atoms with Crippen molar-refractivity contribution in [2.24, 2.45) is 5.92 Å². The smallest absolute Gasteiger partial charge is 0.157 e. The zero-order valence-corrected chi connectivity index (χ0v) is 8.53. The van der Waals surface area contributed by atoms with E-state index in [0.29, 0.717) is 6.61 Å². The normalized spacial score (nSPS) is 28.4. The summed E-state index contributed by atoms with van der Waals surface area (Å²) in [5, 5.41) is 9.23. The van der Waals surface area contributed by atoms with Crippen LogP contribution in [0.2, 0.25) is 0 Å². The van der Waals surface area contributed by atoms with Crippen LogP contribution in [0.25, 0.3) is 0 Å². The summed E-state index contributed by atoms with van der Waals surface area (Å²) in [6.07, 6.45) is 2.99. The zero-order valence-electron chi connectivity index (χ0n) is 8.53. The molecule has 0 aliphatic carbocycles. The van der Waals surface area contributed by atoms with Crippen molar-refractivity contribution >= 4 is 0 Å². The van der Waals surface area contributed by atoms with Gasteiger partial charge in [0.1, 0.15) is 0 Å². The van der Waals surface area contributed by atoms with Crippen molar-refractivity contribution in [3.05, 3.63) is 0 Å². The minimum absolute atomic E-state index is 0.0325. The highest BCUT2D eigenvalue weighted by Gasteiger charge is 2.16. The van der Waals surface area contributed by atoms with Crippen molar-refractivity contribution in [2.75, 3.05) is 13.2 Å². The van der Waals surface area contributed by atoms with Gasteiger partial charge in [0, 0.05) is 12.5 Å². The number of rotatable bonds is 4. The predicted molar refractivity (Wildman–Crippen MR) is 50.4 cm³/mol. The maximum Gasteiger partial charge on any atom is 0.157 e. The summed E-state index contributed by atoms with van der Waals surface area (Å²) in [4.78, 5) is 0. The van der Waals surface area contributed by atoms with Gasteiger partial charge < -0.3 is 14.6 Å². The first-order chi connectivity index (χ1) is 6.20. The molecule has 0 aromatic rings. The third kappa shape index (κ3) is 4.07. The Balaban J connectivity index is 2.10. The highest BCUT2D eigenvalue weighted by atomic mass is 16.7. The quantitative estimate of drug-likeness (QED) is 0.727. The molecule has 0 aromatic heterocycles. The van der Waals surface area contributed by atoms with E-state index < -0.39 is 0 Å². The minimum Gasteiger partial charge on any atom is -0.393 e. The van der Waals surface area contributed by atoms with Gasteiger partial charge in [-0.3, -0.25) is 0 Å². The molecule has 0 saturated carbocycles. The van der Waals surface area contributed by atoms with Gasteiger partial charge in [-0.2, -0.15) is 0 Å². The van der Waals surface area contributed by atoms with Crippen molar-refractivity contribution in [3.8, 4) is 0 Å². The molecule has 1 heterocycles. The number of ether oxygens (including phenoxy) is 2. The van der Waals surface area contributed by atoms with E-state index in [-0.39, 0.29) is 18.3 Å². The Hall–Kier alpha value is -0.120. The van der Waals surface area contributed by atoms with Crippen LogP contribution in [0, 0.1) is 5.92 Å². The van der Waals surface area contributed by atoms with Crippen LogP contribution in [-0.2, 0) is 9.47 Å². The molecule has 0 bridgehead atoms. The molecule has 0 radical (unpaired) electrons. The lowest BCUT2D eigenvalue weighted by atomic mass is 10.1. The zero-order chi connectivity index (χ0) is 9.68. The summed E-state index contributed by atoms with van der Waals surface area (Å²) in [5.74, 6) is 0.186. The summed E-state index contributed by atoms with van der Waals surface area (Å²) < 4.78 is 10.9. The lowest BCUT2D eigenvalue weighted by molar-refractivity contribution is -0.172. The van der Waals surface area contributed by atoms with Gasteiger partial charge in [-0.15, -0.1) is 0 Å². The lowest BCUT2D eigenvalue weighted by Gasteiger charge is -2.24. The molecule has 1 unspecified atom stereocenters. The topological polar surface area (TPSA) is 38.7 Å². The second-order valence-electron chi connectivity index (χ2n) is 3.85. The molecule has 1 aliphatic rings. The van der Waals surface area contributed by atoms with Crippen LogP contribution in [0.3, 0.4) is 0 Å². The maximum absolute atomic E-state index is 9.23. The van der Waals surface area contributed by atoms with Gasteiger partial charge in [0.2, 0.25) is 0 Å². The Morgan fingerprint density at radius 2 is 2.23 bits per heavy atom. The van der Waals surface area contributed by atoms with Crippen LogP contribution in [-0.4, -0.2) is 30.7 Å². The first-order valence-electron chi connectivity index (χ1n) is 5.11. The van der Waals surface area contributed by atoms with Crippen molar-refractivity contribution in [2.45, 2.75) is 45.5 Å². The van der Waals surface area contributed by atoms with E-state index in [0.717, 1.165) is 19.4 Å². The Bertz CT molecular complexity index is 130. The van der Waals surface area contributed by atoms with Crippen LogP contribution < -0.4 is 0 Å². The van der Waals surface area contributed by atoms with Crippen LogP contribution in [0.15, 0.2) is 0 Å². The van der Waals surface area contributed by atoms with E-state index in [4.69, 9.17) is 9.47 Å². The SMILES string of the molecule is C[C@H](O)[C@H](C)COC1CCCCO1. The van der Waals surface area contributed by atoms with Crippen molar-refractivity contribution in [3.63, 3.8) is 0 Å². The maximum atomic E-state index is 9.23. The van der Waals surface area contributed by atoms with Gasteiger partial charge in [0.05, 0.1) is 12.7 Å². The summed E-state index contributed by atoms with van der Waals surface area (Å²) in [7, 11) is 0. The largest absolute Gasteiger partial charge is 0.393 e. The van der Waals surface area contributed by atoms with Gasteiger partial charge in [-0.1, -0.05) is 6.92 Å². The molecular formula is C10H20O3. The standard InChI is InChI=1S/C10H20O3/c1-8(9(2)11)7-13-10-5-3-4-6-12-10/h8-11H,3-7H2,1-2H3/t8-,9+,10?/m1/s1. The first-order valence-corrected chi connectivity index (χ1v) is 5.11. The molecular weight excluding hydrogens is 168 g/mol. The predicted octanol–water partition coefficient (Wildman–Crippen LogP) is 1.55. The molecule has 3 nitrogen and oxygen atoms in total. The molecule has 78 valence electrons. The van der Waals surface area contributed by atoms with E-state index in [2.05, 4.69) is 0 Å². The van der Waals surface area contributed by atoms with Gasteiger partial charge >= 0.3 is 0 Å². The molecule has 1 aliphatic heterocycles. The van der Waals surface area contributed by atoms with E-state index in [9.17, 15) is 5.11 Å². The van der Waals surface area contributed by atoms with Crippen LogP contribution in [0.1, 0.15) is 33.1 Å². The highest BCUT2D eigenvalue weighted by Crippen LogP contribution is 2.15. The Labute approximate surface area is 80.0 Å². The Morgan fingerprint density at radius 3 is 2.77 bits per heavy atom. The Morgan fingerprint density at radius 1 is 1.46 bits per heavy atom. The fourth-order valence-electron chi connectivity index (χ4n) is 1.24. The third-order valence-corrected chi connectivity index (χ3v) is 2.51. The van der Waals surface area contributed by atoms with Crippen LogP contribution in [0.5, 0.6) is 0 Å². The summed E-state index contributed by atoms with van der Waals surface area (Å²) in [6.45, 7) is 5.17. The molecule has 3 heteroatoms. The van der Waals surface area contributed by atoms with E-state index >= 15 is 0 Å². The number of hydrogen-bond donors (Lipinski definition) is 1. The molecule has 13 heavy (non-hydrogen) atoms. The van der Waals surface area contributed by atoms with Gasteiger partial charge in [-0.05, 0) is 26.2 Å². The fraction of sp³-hybridized carbons (Fsp3) is 1.00. The second kappa shape index (κ2) is 5.58. The summed E-state index contributed by atoms with van der Waals surface area (Å²) in [6, 6.07) is 0. The van der Waals surface area contributed by atoms with Crippen molar-refractivity contribution in [1.29, 1.82) is 0 Å². The number of aliphatic hydroxyl groups excluding tert-OH is 1. The monoisotopic (exact) mass is 188 g/mol.